The van der Waals surface area contributed by atoms with Gasteiger partial charge in [-0.3, -0.25) is 18.6 Å². The molecule has 3 N–H and O–H groups in total. The maximum absolute atomic E-state index is 12.6. The molecule has 0 heterocycles. The number of rotatable bonds is 38. The first-order valence-corrected chi connectivity index (χ1v) is 22.4. The van der Waals surface area contributed by atoms with Gasteiger partial charge in [-0.2, -0.15) is 0 Å². The van der Waals surface area contributed by atoms with Crippen molar-refractivity contribution in [3.8, 4) is 0 Å². The molecule has 2 atom stereocenters. The fourth-order valence-electron chi connectivity index (χ4n) is 5.28. The molecule has 0 aliphatic heterocycles. The van der Waals surface area contributed by atoms with Crippen molar-refractivity contribution in [2.24, 2.45) is 5.73 Å². The van der Waals surface area contributed by atoms with Crippen LogP contribution in [-0.2, 0) is 32.7 Å². The first-order valence-electron chi connectivity index (χ1n) is 20.9. The number of esters is 2. The average molecular weight is 778 g/mol. The molecule has 0 aliphatic carbocycles. The fraction of sp³-hybridized carbons (Fsp3) is 0.682. The monoisotopic (exact) mass is 778 g/mol. The summed E-state index contributed by atoms with van der Waals surface area (Å²) in [7, 11) is -4.39. The molecule has 10 heteroatoms. The van der Waals surface area contributed by atoms with Gasteiger partial charge in [-0.25, -0.2) is 4.57 Å². The average Bonchev–Trinajstić information content (AvgIpc) is 3.16. The lowest BCUT2D eigenvalue weighted by Crippen LogP contribution is -2.29. The van der Waals surface area contributed by atoms with Crippen molar-refractivity contribution in [1.82, 2.24) is 0 Å². The van der Waals surface area contributed by atoms with Gasteiger partial charge in [0.15, 0.2) is 6.10 Å². The van der Waals surface area contributed by atoms with Crippen LogP contribution in [0.4, 0.5) is 0 Å². The first-order chi connectivity index (χ1) is 26.3. The number of phosphoric ester groups is 1. The van der Waals surface area contributed by atoms with Crippen LogP contribution in [0.2, 0.25) is 0 Å². The van der Waals surface area contributed by atoms with E-state index in [0.29, 0.717) is 6.42 Å². The summed E-state index contributed by atoms with van der Waals surface area (Å²) in [6.07, 6.45) is 47.9. The number of unbranched alkanes of at least 4 members (excludes halogenated alkanes) is 13. The molecule has 0 aliphatic rings. The van der Waals surface area contributed by atoms with Crippen LogP contribution in [0.1, 0.15) is 162 Å². The highest BCUT2D eigenvalue weighted by molar-refractivity contribution is 7.47. The second-order valence-electron chi connectivity index (χ2n) is 13.5. The Balaban J connectivity index is 4.27. The van der Waals surface area contributed by atoms with Crippen molar-refractivity contribution >= 4 is 19.8 Å². The van der Waals surface area contributed by atoms with Crippen molar-refractivity contribution in [1.29, 1.82) is 0 Å². The Hall–Kier alpha value is -2.55. The Kier molecular flexibility index (Phi) is 38.2. The minimum absolute atomic E-state index is 0.0433. The summed E-state index contributed by atoms with van der Waals surface area (Å²) in [4.78, 5) is 34.8. The van der Waals surface area contributed by atoms with Gasteiger partial charge in [-0.15, -0.1) is 0 Å². The topological polar surface area (TPSA) is 134 Å². The standard InChI is InChI=1S/C44H76NO8P/c1-3-5-7-9-11-13-15-17-18-19-20-21-22-23-24-25-27-29-31-33-35-37-44(47)53-42(41-52-54(48,49)51-39-38-45)40-50-43(46)36-34-32-30-28-26-16-14-12-10-8-6-4-2/h5,7,11,13,17-18,20-21,23-24,27,29,42H,3-4,6,8-10,12,14-16,19,22,25-26,28,30-41,45H2,1-2H3,(H,48,49)/b7-5-,13-11-,18-17-,21-20-,24-23-,29-27-. The molecule has 0 bridgehead atoms. The van der Waals surface area contributed by atoms with E-state index in [-0.39, 0.29) is 32.6 Å². The molecule has 0 fully saturated rings. The number of phosphoric acid groups is 1. The maximum Gasteiger partial charge on any atom is 0.472 e. The van der Waals surface area contributed by atoms with E-state index in [9.17, 15) is 19.0 Å². The molecule has 0 saturated heterocycles. The molecule has 310 valence electrons. The highest BCUT2D eigenvalue weighted by Gasteiger charge is 2.25. The normalized spacial score (nSPS) is 14.1. The molecule has 0 aromatic rings. The van der Waals surface area contributed by atoms with Crippen LogP contribution in [0.3, 0.4) is 0 Å². The minimum Gasteiger partial charge on any atom is -0.462 e. The van der Waals surface area contributed by atoms with Crippen LogP contribution in [0.5, 0.6) is 0 Å². The summed E-state index contributed by atoms with van der Waals surface area (Å²) in [5.41, 5.74) is 5.34. The van der Waals surface area contributed by atoms with Crippen LogP contribution in [-0.4, -0.2) is 49.3 Å². The van der Waals surface area contributed by atoms with Gasteiger partial charge in [0, 0.05) is 19.4 Å². The van der Waals surface area contributed by atoms with E-state index in [1.54, 1.807) is 0 Å². The van der Waals surface area contributed by atoms with Gasteiger partial charge >= 0.3 is 19.8 Å². The van der Waals surface area contributed by atoms with Gasteiger partial charge in [0.05, 0.1) is 13.2 Å². The van der Waals surface area contributed by atoms with Gasteiger partial charge in [0.25, 0.3) is 0 Å². The third-order valence-electron chi connectivity index (χ3n) is 8.36. The molecule has 0 saturated carbocycles. The molecule has 0 aromatic carbocycles. The lowest BCUT2D eigenvalue weighted by Gasteiger charge is -2.19. The quantitative estimate of drug-likeness (QED) is 0.0272. The Morgan fingerprint density at radius 1 is 0.574 bits per heavy atom. The SMILES string of the molecule is CC/C=C\C/C=C\C/C=C\C/C=C\C/C=C\C/C=C\CCCCC(=O)OC(COC(=O)CCCCCCCCCCCCCC)COP(=O)(O)OCCN. The van der Waals surface area contributed by atoms with Gasteiger partial charge in [0.1, 0.15) is 6.61 Å². The third kappa shape index (κ3) is 39.2. The largest absolute Gasteiger partial charge is 0.472 e. The zero-order chi connectivity index (χ0) is 39.6. The van der Waals surface area contributed by atoms with E-state index in [2.05, 4.69) is 86.8 Å². The van der Waals surface area contributed by atoms with Crippen molar-refractivity contribution in [3.05, 3.63) is 72.9 Å². The molecule has 2 unspecified atom stereocenters. The van der Waals surface area contributed by atoms with Gasteiger partial charge in [-0.05, 0) is 64.2 Å². The summed E-state index contributed by atoms with van der Waals surface area (Å²) in [6, 6.07) is 0. The second-order valence-corrected chi connectivity index (χ2v) is 14.9. The Morgan fingerprint density at radius 2 is 1.02 bits per heavy atom. The molecule has 54 heavy (non-hydrogen) atoms. The van der Waals surface area contributed by atoms with E-state index in [4.69, 9.17) is 24.3 Å². The number of nitrogens with two attached hydrogens (primary N) is 1. The summed E-state index contributed by atoms with van der Waals surface area (Å²) in [6.45, 7) is 3.54. The van der Waals surface area contributed by atoms with E-state index >= 15 is 0 Å². The Bertz CT molecular complexity index is 1110. The predicted molar refractivity (Wildman–Crippen MR) is 224 cm³/mol. The van der Waals surface area contributed by atoms with Crippen LogP contribution in [0.15, 0.2) is 72.9 Å². The fourth-order valence-corrected chi connectivity index (χ4v) is 6.05. The number of ether oxygens (including phenoxy) is 2. The number of carbonyl (C=O) groups is 2. The van der Waals surface area contributed by atoms with Crippen LogP contribution < -0.4 is 5.73 Å². The van der Waals surface area contributed by atoms with Crippen LogP contribution in [0.25, 0.3) is 0 Å². The molecule has 9 nitrogen and oxygen atoms in total. The zero-order valence-corrected chi connectivity index (χ0v) is 34.8. The number of carbonyl (C=O) groups excluding carboxylic acids is 2. The minimum atomic E-state index is -4.39. The van der Waals surface area contributed by atoms with E-state index in [0.717, 1.165) is 70.6 Å². The lowest BCUT2D eigenvalue weighted by molar-refractivity contribution is -0.161. The Labute approximate surface area is 329 Å². The Morgan fingerprint density at radius 3 is 1.52 bits per heavy atom. The highest BCUT2D eigenvalue weighted by Crippen LogP contribution is 2.43. The molecular formula is C44H76NO8P. The van der Waals surface area contributed by atoms with Crippen LogP contribution in [0, 0.1) is 0 Å². The lowest BCUT2D eigenvalue weighted by atomic mass is 10.0. The van der Waals surface area contributed by atoms with Gasteiger partial charge in [-0.1, -0.05) is 157 Å². The summed E-state index contributed by atoms with van der Waals surface area (Å²) in [5, 5.41) is 0. The molecule has 0 radical (unpaired) electrons. The number of hydrogen-bond donors (Lipinski definition) is 2. The molecule has 0 aromatic heterocycles. The summed E-state index contributed by atoms with van der Waals surface area (Å²) in [5.74, 6) is -0.884. The maximum atomic E-state index is 12.6. The highest BCUT2D eigenvalue weighted by atomic mass is 31.2. The summed E-state index contributed by atoms with van der Waals surface area (Å²) < 4.78 is 32.7. The number of hydrogen-bond acceptors (Lipinski definition) is 8. The second kappa shape index (κ2) is 40.1. The predicted octanol–water partition coefficient (Wildman–Crippen LogP) is 11.9. The van der Waals surface area contributed by atoms with Gasteiger partial charge in [0.2, 0.25) is 0 Å². The third-order valence-corrected chi connectivity index (χ3v) is 9.34. The van der Waals surface area contributed by atoms with Crippen molar-refractivity contribution < 1.29 is 37.6 Å². The van der Waals surface area contributed by atoms with Crippen molar-refractivity contribution in [2.45, 2.75) is 168 Å². The van der Waals surface area contributed by atoms with Crippen molar-refractivity contribution in [2.75, 3.05) is 26.4 Å². The first kappa shape index (κ1) is 51.5. The molecule has 0 amide bonds. The van der Waals surface area contributed by atoms with E-state index < -0.39 is 32.5 Å². The molecule has 0 spiro atoms. The number of allylic oxidation sites excluding steroid dienone is 12. The van der Waals surface area contributed by atoms with Gasteiger partial charge < -0.3 is 20.1 Å². The molecule has 0 rings (SSSR count). The summed E-state index contributed by atoms with van der Waals surface area (Å²) >= 11 is 0. The molecular weight excluding hydrogens is 701 g/mol. The van der Waals surface area contributed by atoms with E-state index in [1.807, 2.05) is 0 Å². The van der Waals surface area contributed by atoms with E-state index in [1.165, 1.54) is 57.8 Å². The van der Waals surface area contributed by atoms with Crippen molar-refractivity contribution in [3.63, 3.8) is 0 Å². The smallest absolute Gasteiger partial charge is 0.462 e. The van der Waals surface area contributed by atoms with Crippen LogP contribution >= 0.6 is 7.82 Å². The zero-order valence-electron chi connectivity index (χ0n) is 33.9.